The van der Waals surface area contributed by atoms with Gasteiger partial charge in [-0.3, -0.25) is 48.3 Å². The van der Waals surface area contributed by atoms with Crippen LogP contribution in [0.5, 0.6) is 0 Å². The number of nitrogens with two attached hydrogens (primary N) is 1. The van der Waals surface area contributed by atoms with E-state index in [9.17, 15) is 72.9 Å². The number of nitrogens with one attached hydrogen (secondary N) is 8. The first-order valence-electron chi connectivity index (χ1n) is 23.7. The maximum Gasteiger partial charge on any atom is 0.327 e. The van der Waals surface area contributed by atoms with Crippen LogP contribution in [0.4, 0.5) is 11.6 Å². The molecule has 76 heavy (non-hydrogen) atoms. The molecule has 0 radical (unpaired) electrons. The molecular formula is C45H60N14O15S2. The molecule has 0 unspecified atom stereocenters. The lowest BCUT2D eigenvalue weighted by atomic mass is 10.1. The van der Waals surface area contributed by atoms with E-state index in [4.69, 9.17) is 5.73 Å². The molecule has 1 aromatic carbocycles. The molecule has 6 amide bonds. The van der Waals surface area contributed by atoms with E-state index in [0.717, 1.165) is 12.2 Å². The maximum absolute atomic E-state index is 12.9. The standard InChI is InChI=1S/C45H60N14O15S2/c1-2-15-75-76-24-32(44(73)74)54-36(65)17-27(22-60)50-35(64)16-28(23-61)51-37(66)21-59-13-11-58(12-14-59)10-9-47-34(63)18-31(43(71)72)53-33(62)8-7-30(42(69)70)55-40(67)25-3-5-26(6-4-25)48-19-29-20-49-39-38(52-29)41(68)57-45(46)56-39/h3-6,20,22-23,27-28,30-32,48H,2,7-19,21,24H2,1H3,(H,47,63)(H,50,64)(H,51,66)(H,53,62)(H,54,65)(H,55,67)(H,69,70)(H,71,72)(H,73,74)(H3,46,49,56,57,68)/t27-,28-,30-,31-,32-/m0/s1. The predicted octanol–water partition coefficient (Wildman–Crippen LogP) is -2.93. The van der Waals surface area contributed by atoms with Crippen molar-refractivity contribution >= 4 is 110 Å². The minimum absolute atomic E-state index is 0.00143. The number of fused-ring (bicyclic) bond motifs is 1. The van der Waals surface area contributed by atoms with Crippen molar-refractivity contribution in [2.75, 3.05) is 68.4 Å². The third-order valence-corrected chi connectivity index (χ3v) is 13.7. The quantitative estimate of drug-likeness (QED) is 0.0165. The molecule has 1 saturated heterocycles. The molecule has 3 aromatic rings. The number of carbonyl (C=O) groups excluding carboxylic acids is 8. The normalized spacial score (nSPS) is 14.6. The fourth-order valence-corrected chi connectivity index (χ4v) is 9.38. The topological polar surface area (TPSA) is 437 Å². The number of hydrogen-bond donors (Lipinski definition) is 12. The summed E-state index contributed by atoms with van der Waals surface area (Å²) in [6.45, 7) is 4.20. The zero-order valence-corrected chi connectivity index (χ0v) is 42.7. The van der Waals surface area contributed by atoms with Crippen LogP contribution < -0.4 is 48.5 Å². The predicted molar refractivity (Wildman–Crippen MR) is 274 cm³/mol. The number of piperazine rings is 1. The summed E-state index contributed by atoms with van der Waals surface area (Å²) < 4.78 is 0. The van der Waals surface area contributed by atoms with Crippen LogP contribution in [0.3, 0.4) is 0 Å². The first-order valence-corrected chi connectivity index (χ1v) is 26.1. The number of aldehydes is 2. The van der Waals surface area contributed by atoms with Gasteiger partial charge in [0, 0.05) is 68.4 Å². The average Bonchev–Trinajstić information content (AvgIpc) is 3.37. The zero-order chi connectivity index (χ0) is 55.7. The first kappa shape index (κ1) is 60.8. The Morgan fingerprint density at radius 1 is 0.737 bits per heavy atom. The number of amides is 6. The lowest BCUT2D eigenvalue weighted by molar-refractivity contribution is -0.144. The van der Waals surface area contributed by atoms with Gasteiger partial charge >= 0.3 is 17.9 Å². The van der Waals surface area contributed by atoms with Crippen molar-refractivity contribution in [3.8, 4) is 0 Å². The van der Waals surface area contributed by atoms with Gasteiger partial charge in [-0.05, 0) is 37.1 Å². The number of aliphatic carboxylic acids is 3. The van der Waals surface area contributed by atoms with E-state index < -0.39 is 121 Å². The molecule has 1 aliphatic rings. The van der Waals surface area contributed by atoms with Crippen LogP contribution in [0.25, 0.3) is 11.2 Å². The second kappa shape index (κ2) is 31.2. The molecule has 3 heterocycles. The highest BCUT2D eigenvalue weighted by atomic mass is 33.1. The van der Waals surface area contributed by atoms with E-state index >= 15 is 0 Å². The van der Waals surface area contributed by atoms with Gasteiger partial charge in [0.15, 0.2) is 11.2 Å². The van der Waals surface area contributed by atoms with E-state index in [-0.39, 0.29) is 48.1 Å². The number of aromatic nitrogens is 4. The molecule has 0 spiro atoms. The molecule has 0 aliphatic carbocycles. The number of aromatic amines is 1. The number of hydrogen-bond acceptors (Lipinski definition) is 21. The van der Waals surface area contributed by atoms with Crippen LogP contribution in [-0.2, 0) is 54.5 Å². The lowest BCUT2D eigenvalue weighted by Crippen LogP contribution is -2.52. The number of carbonyl (C=O) groups is 11. The van der Waals surface area contributed by atoms with Crippen molar-refractivity contribution in [2.24, 2.45) is 0 Å². The highest BCUT2D eigenvalue weighted by Crippen LogP contribution is 2.22. The summed E-state index contributed by atoms with van der Waals surface area (Å²) >= 11 is 0. The van der Waals surface area contributed by atoms with E-state index in [1.165, 1.54) is 39.9 Å². The van der Waals surface area contributed by atoms with Gasteiger partial charge < -0.3 is 67.9 Å². The number of nitrogen functional groups attached to an aromatic ring is 1. The van der Waals surface area contributed by atoms with Crippen LogP contribution in [0.2, 0.25) is 0 Å². The minimum Gasteiger partial charge on any atom is -0.480 e. The van der Waals surface area contributed by atoms with Crippen LogP contribution in [0.1, 0.15) is 61.5 Å². The van der Waals surface area contributed by atoms with Crippen molar-refractivity contribution in [3.63, 3.8) is 0 Å². The van der Waals surface area contributed by atoms with Gasteiger partial charge in [-0.15, -0.1) is 0 Å². The Hall–Kier alpha value is -7.77. The smallest absolute Gasteiger partial charge is 0.327 e. The van der Waals surface area contributed by atoms with Gasteiger partial charge in [-0.2, -0.15) is 4.98 Å². The molecule has 5 atom stereocenters. The highest BCUT2D eigenvalue weighted by molar-refractivity contribution is 8.76. The summed E-state index contributed by atoms with van der Waals surface area (Å²) in [5.41, 5.74) is 6.09. The summed E-state index contributed by atoms with van der Waals surface area (Å²) in [6, 6.07) is -1.04. The average molecular weight is 1100 g/mol. The van der Waals surface area contributed by atoms with Crippen molar-refractivity contribution in [1.82, 2.24) is 61.6 Å². The molecule has 2 aromatic heterocycles. The number of carboxylic acid groups (broad SMARTS) is 3. The van der Waals surface area contributed by atoms with Gasteiger partial charge in [0.2, 0.25) is 35.5 Å². The van der Waals surface area contributed by atoms with Gasteiger partial charge in [-0.25, -0.2) is 24.4 Å². The second-order valence-corrected chi connectivity index (χ2v) is 19.7. The Labute approximate surface area is 441 Å². The largest absolute Gasteiger partial charge is 0.480 e. The third kappa shape index (κ3) is 21.2. The van der Waals surface area contributed by atoms with E-state index in [0.29, 0.717) is 56.7 Å². The van der Waals surface area contributed by atoms with Gasteiger partial charge in [0.1, 0.15) is 30.7 Å². The van der Waals surface area contributed by atoms with E-state index in [1.807, 2.05) is 11.8 Å². The van der Waals surface area contributed by atoms with Gasteiger partial charge in [0.25, 0.3) is 11.5 Å². The van der Waals surface area contributed by atoms with Crippen LogP contribution in [0, 0.1) is 0 Å². The summed E-state index contributed by atoms with van der Waals surface area (Å²) in [6.07, 6.45) is 0.309. The van der Waals surface area contributed by atoms with Gasteiger partial charge in [-0.1, -0.05) is 28.5 Å². The number of benzene rings is 1. The molecule has 1 fully saturated rings. The second-order valence-electron chi connectivity index (χ2n) is 17.0. The molecule has 29 nitrogen and oxygen atoms in total. The van der Waals surface area contributed by atoms with Crippen LogP contribution in [0.15, 0.2) is 35.3 Å². The Balaban J connectivity index is 1.11. The first-order chi connectivity index (χ1) is 36.3. The van der Waals surface area contributed by atoms with Crippen LogP contribution >= 0.6 is 21.6 Å². The molecule has 412 valence electrons. The number of carboxylic acids is 3. The number of anilines is 2. The summed E-state index contributed by atoms with van der Waals surface area (Å²) in [5.74, 6) is -7.94. The van der Waals surface area contributed by atoms with Crippen molar-refractivity contribution in [2.45, 2.75) is 82.2 Å². The molecule has 31 heteroatoms. The molecule has 1 aliphatic heterocycles. The summed E-state index contributed by atoms with van der Waals surface area (Å²) in [7, 11) is 2.73. The summed E-state index contributed by atoms with van der Waals surface area (Å²) in [5, 5.41) is 46.2. The minimum atomic E-state index is -1.65. The van der Waals surface area contributed by atoms with Crippen molar-refractivity contribution < 1.29 is 68.1 Å². The molecule has 0 saturated carbocycles. The monoisotopic (exact) mass is 1100 g/mol. The molecule has 13 N–H and O–H groups in total. The Bertz CT molecular complexity index is 2620. The fraction of sp³-hybridized carbons (Fsp3) is 0.489. The third-order valence-electron chi connectivity index (χ3n) is 11.0. The SMILES string of the molecule is CCCSSC[C@H](NC(=O)C[C@@H](C=O)NC(=O)C[C@@H](C=O)NC(=O)CN1CCN(CCNC(=O)C[C@H](NC(=O)CC[C@H](NC(=O)c2ccc(NCc3cnc4nc(N)[nH]c(=O)c4n3)cc2)C(=O)O)C(=O)O)CC1)C(=O)O. The van der Waals surface area contributed by atoms with Gasteiger partial charge in [0.05, 0.1) is 56.3 Å². The zero-order valence-electron chi connectivity index (χ0n) is 41.1. The van der Waals surface area contributed by atoms with Crippen molar-refractivity contribution in [3.05, 3.63) is 52.1 Å². The van der Waals surface area contributed by atoms with E-state index in [2.05, 4.69) is 57.2 Å². The van der Waals surface area contributed by atoms with Crippen molar-refractivity contribution in [1.29, 1.82) is 0 Å². The molecular weight excluding hydrogens is 1040 g/mol. The number of H-pyrrole nitrogens is 1. The van der Waals surface area contributed by atoms with E-state index in [1.54, 1.807) is 17.0 Å². The Kier molecular flexibility index (Phi) is 24.9. The number of rotatable bonds is 33. The highest BCUT2D eigenvalue weighted by Gasteiger charge is 2.28. The fourth-order valence-electron chi connectivity index (χ4n) is 7.08. The summed E-state index contributed by atoms with van der Waals surface area (Å²) in [4.78, 5) is 165. The molecule has 4 rings (SSSR count). The Morgan fingerprint density at radius 2 is 1.34 bits per heavy atom. The molecule has 0 bridgehead atoms. The van der Waals surface area contributed by atoms with Crippen LogP contribution in [-0.4, -0.2) is 199 Å². The Morgan fingerprint density at radius 3 is 1.96 bits per heavy atom. The lowest BCUT2D eigenvalue weighted by Gasteiger charge is -2.34. The maximum atomic E-state index is 12.9. The number of nitrogens with zero attached hydrogens (tertiary/aromatic N) is 5.